The molecule has 0 aliphatic rings. The highest BCUT2D eigenvalue weighted by molar-refractivity contribution is 7.98. The summed E-state index contributed by atoms with van der Waals surface area (Å²) >= 11 is 1.69. The summed E-state index contributed by atoms with van der Waals surface area (Å²) in [7, 11) is 1.60. The van der Waals surface area contributed by atoms with Crippen molar-refractivity contribution in [3.8, 4) is 5.75 Å². The zero-order valence-electron chi connectivity index (χ0n) is 12.3. The number of carboxylic acids is 1. The number of hydrogen-bond donors (Lipinski definition) is 1. The minimum absolute atomic E-state index is 0.285. The van der Waals surface area contributed by atoms with Gasteiger partial charge in [-0.2, -0.15) is 0 Å². The van der Waals surface area contributed by atoms with Crippen molar-refractivity contribution in [1.82, 2.24) is 0 Å². The lowest BCUT2D eigenvalue weighted by Crippen LogP contribution is -1.99. The van der Waals surface area contributed by atoms with Gasteiger partial charge >= 0.3 is 5.97 Å². The van der Waals surface area contributed by atoms with Crippen LogP contribution >= 0.6 is 11.8 Å². The molecule has 0 aliphatic carbocycles. The first-order chi connectivity index (χ1) is 10.0. The van der Waals surface area contributed by atoms with Crippen molar-refractivity contribution in [2.75, 3.05) is 7.11 Å². The fraction of sp³-hybridized carbons (Fsp3) is 0.235. The zero-order valence-corrected chi connectivity index (χ0v) is 13.2. The maximum absolute atomic E-state index is 11.1. The summed E-state index contributed by atoms with van der Waals surface area (Å²) in [5.74, 6) is 0.475. The molecule has 0 spiro atoms. The maximum Gasteiger partial charge on any atom is 0.335 e. The van der Waals surface area contributed by atoms with Crippen molar-refractivity contribution >= 4 is 17.7 Å². The van der Waals surface area contributed by atoms with E-state index < -0.39 is 5.97 Å². The summed E-state index contributed by atoms with van der Waals surface area (Å²) in [6.07, 6.45) is 0. The molecular formula is C17H18O3S. The number of aromatic carboxylic acids is 1. The van der Waals surface area contributed by atoms with E-state index >= 15 is 0 Å². The molecule has 0 atom stereocenters. The minimum Gasteiger partial charge on any atom is -0.496 e. The molecule has 0 bridgehead atoms. The van der Waals surface area contributed by atoms with Crippen LogP contribution in [0.3, 0.4) is 0 Å². The molecule has 1 N–H and O–H groups in total. The molecule has 0 radical (unpaired) electrons. The van der Waals surface area contributed by atoms with Crippen molar-refractivity contribution in [3.05, 3.63) is 58.7 Å². The van der Waals surface area contributed by atoms with E-state index in [1.807, 2.05) is 0 Å². The number of carbonyl (C=O) groups is 1. The van der Waals surface area contributed by atoms with E-state index in [2.05, 4.69) is 32.0 Å². The number of rotatable bonds is 5. The molecule has 3 nitrogen and oxygen atoms in total. The molecular weight excluding hydrogens is 284 g/mol. The average molecular weight is 302 g/mol. The van der Waals surface area contributed by atoms with Gasteiger partial charge in [0.2, 0.25) is 0 Å². The highest BCUT2D eigenvalue weighted by Gasteiger charge is 2.10. The summed E-state index contributed by atoms with van der Waals surface area (Å²) in [5, 5.41) is 9.09. The summed E-state index contributed by atoms with van der Waals surface area (Å²) in [6.45, 7) is 4.14. The average Bonchev–Trinajstić information content (AvgIpc) is 2.47. The fourth-order valence-corrected chi connectivity index (χ4v) is 3.14. The molecule has 0 unspecified atom stereocenters. The zero-order chi connectivity index (χ0) is 15.4. The van der Waals surface area contributed by atoms with Gasteiger partial charge in [0.15, 0.2) is 0 Å². The van der Waals surface area contributed by atoms with E-state index in [4.69, 9.17) is 9.84 Å². The highest BCUT2D eigenvalue weighted by atomic mass is 32.2. The second kappa shape index (κ2) is 6.68. The van der Waals surface area contributed by atoms with Crippen molar-refractivity contribution in [2.45, 2.75) is 24.5 Å². The van der Waals surface area contributed by atoms with E-state index in [-0.39, 0.29) is 5.56 Å². The molecule has 0 aliphatic heterocycles. The third kappa shape index (κ3) is 3.79. The topological polar surface area (TPSA) is 46.5 Å². The van der Waals surface area contributed by atoms with Crippen LogP contribution in [0, 0.1) is 13.8 Å². The van der Waals surface area contributed by atoms with Crippen molar-refractivity contribution < 1.29 is 14.6 Å². The van der Waals surface area contributed by atoms with Gasteiger partial charge in [0.05, 0.1) is 12.7 Å². The van der Waals surface area contributed by atoms with Gasteiger partial charge in [-0.05, 0) is 43.7 Å². The molecule has 2 aromatic carbocycles. The summed E-state index contributed by atoms with van der Waals surface area (Å²) < 4.78 is 5.32. The third-order valence-electron chi connectivity index (χ3n) is 3.25. The molecule has 110 valence electrons. The van der Waals surface area contributed by atoms with Crippen LogP contribution in [-0.2, 0) is 5.75 Å². The van der Waals surface area contributed by atoms with Gasteiger partial charge in [0.25, 0.3) is 0 Å². The molecule has 0 saturated carbocycles. The van der Waals surface area contributed by atoms with Crippen LogP contribution in [0.1, 0.15) is 27.0 Å². The van der Waals surface area contributed by atoms with Gasteiger partial charge in [-0.3, -0.25) is 0 Å². The van der Waals surface area contributed by atoms with Crippen LogP contribution in [0.2, 0.25) is 0 Å². The van der Waals surface area contributed by atoms with Crippen LogP contribution in [0.4, 0.5) is 0 Å². The normalized spacial score (nSPS) is 10.4. The molecule has 0 fully saturated rings. The maximum atomic E-state index is 11.1. The lowest BCUT2D eigenvalue weighted by molar-refractivity contribution is 0.0696. The SMILES string of the molecule is COc1ccc(C(=O)O)cc1CSc1cc(C)ccc1C. The van der Waals surface area contributed by atoms with E-state index in [0.29, 0.717) is 5.75 Å². The number of hydrogen-bond acceptors (Lipinski definition) is 3. The van der Waals surface area contributed by atoms with Crippen LogP contribution in [0.15, 0.2) is 41.3 Å². The number of ether oxygens (including phenoxy) is 1. The Morgan fingerprint density at radius 1 is 1.19 bits per heavy atom. The Labute approximate surface area is 129 Å². The third-order valence-corrected chi connectivity index (χ3v) is 4.46. The van der Waals surface area contributed by atoms with Gasteiger partial charge in [-0.1, -0.05) is 17.7 Å². The van der Waals surface area contributed by atoms with Gasteiger partial charge in [0, 0.05) is 16.2 Å². The van der Waals surface area contributed by atoms with E-state index in [0.717, 1.165) is 11.3 Å². The molecule has 0 aromatic heterocycles. The number of methoxy groups -OCH3 is 1. The van der Waals surface area contributed by atoms with Crippen molar-refractivity contribution in [1.29, 1.82) is 0 Å². The number of benzene rings is 2. The Morgan fingerprint density at radius 2 is 1.95 bits per heavy atom. The molecule has 0 heterocycles. The fourth-order valence-electron chi connectivity index (χ4n) is 2.04. The second-order valence-electron chi connectivity index (χ2n) is 4.89. The predicted molar refractivity (Wildman–Crippen MR) is 85.4 cm³/mol. The van der Waals surface area contributed by atoms with Crippen LogP contribution in [0.25, 0.3) is 0 Å². The number of aryl methyl sites for hydroxylation is 2. The summed E-state index contributed by atoms with van der Waals surface area (Å²) in [5.41, 5.74) is 3.61. The van der Waals surface area contributed by atoms with Crippen LogP contribution in [-0.4, -0.2) is 18.2 Å². The number of carboxylic acid groups (broad SMARTS) is 1. The Morgan fingerprint density at radius 3 is 2.62 bits per heavy atom. The first kappa shape index (κ1) is 15.4. The van der Waals surface area contributed by atoms with E-state index in [1.54, 1.807) is 37.1 Å². The molecule has 2 rings (SSSR count). The predicted octanol–water partition coefficient (Wildman–Crippen LogP) is 4.30. The molecule has 0 amide bonds. The molecule has 21 heavy (non-hydrogen) atoms. The minimum atomic E-state index is -0.921. The number of thioether (sulfide) groups is 1. The van der Waals surface area contributed by atoms with Gasteiger partial charge < -0.3 is 9.84 Å². The standard InChI is InChI=1S/C17H18O3S/c1-11-4-5-12(2)16(8-11)21-10-14-9-13(17(18)19)6-7-15(14)20-3/h4-9H,10H2,1-3H3,(H,18,19). The van der Waals surface area contributed by atoms with Gasteiger partial charge in [-0.15, -0.1) is 11.8 Å². The lowest BCUT2D eigenvalue weighted by atomic mass is 10.1. The first-order valence-electron chi connectivity index (χ1n) is 6.61. The quantitative estimate of drug-likeness (QED) is 0.836. The summed E-state index contributed by atoms with van der Waals surface area (Å²) in [6, 6.07) is 11.3. The molecule has 2 aromatic rings. The van der Waals surface area contributed by atoms with Crippen LogP contribution in [0.5, 0.6) is 5.75 Å². The lowest BCUT2D eigenvalue weighted by Gasteiger charge is -2.11. The van der Waals surface area contributed by atoms with E-state index in [1.165, 1.54) is 16.0 Å². The largest absolute Gasteiger partial charge is 0.496 e. The highest BCUT2D eigenvalue weighted by Crippen LogP contribution is 2.31. The summed E-state index contributed by atoms with van der Waals surface area (Å²) in [4.78, 5) is 12.3. The Kier molecular flexibility index (Phi) is 4.91. The van der Waals surface area contributed by atoms with Gasteiger partial charge in [0.1, 0.15) is 5.75 Å². The Bertz CT molecular complexity index is 665. The van der Waals surface area contributed by atoms with Gasteiger partial charge in [-0.25, -0.2) is 4.79 Å². The molecule has 0 saturated heterocycles. The Hall–Kier alpha value is -1.94. The first-order valence-corrected chi connectivity index (χ1v) is 7.60. The molecule has 4 heteroatoms. The van der Waals surface area contributed by atoms with Crippen molar-refractivity contribution in [3.63, 3.8) is 0 Å². The monoisotopic (exact) mass is 302 g/mol. The van der Waals surface area contributed by atoms with Crippen LogP contribution < -0.4 is 4.74 Å². The van der Waals surface area contributed by atoms with Crippen molar-refractivity contribution in [2.24, 2.45) is 0 Å². The Balaban J connectivity index is 2.24. The van der Waals surface area contributed by atoms with E-state index in [9.17, 15) is 4.79 Å². The smallest absolute Gasteiger partial charge is 0.335 e. The second-order valence-corrected chi connectivity index (χ2v) is 5.91.